The Morgan fingerprint density at radius 2 is 2.33 bits per heavy atom. The average Bonchev–Trinajstić information content (AvgIpc) is 3.02. The highest BCUT2D eigenvalue weighted by molar-refractivity contribution is 7.80. The van der Waals surface area contributed by atoms with Crippen molar-refractivity contribution in [1.29, 1.82) is 0 Å². The first-order valence-electron chi connectivity index (χ1n) is 7.42. The van der Waals surface area contributed by atoms with E-state index in [4.69, 9.17) is 28.6 Å². The number of aryl methyl sites for hydroxylation is 1. The lowest BCUT2D eigenvalue weighted by Gasteiger charge is -2.35. The van der Waals surface area contributed by atoms with Gasteiger partial charge in [-0.25, -0.2) is 9.78 Å². The summed E-state index contributed by atoms with van der Waals surface area (Å²) < 4.78 is 4.93. The number of aromatic amines is 1. The van der Waals surface area contributed by atoms with Gasteiger partial charge in [-0.3, -0.25) is 0 Å². The number of benzene rings is 1. The molecule has 1 aliphatic heterocycles. The van der Waals surface area contributed by atoms with Crippen LogP contribution in [0.2, 0.25) is 5.02 Å². The SMILES string of the molecule is COC(=O)C1Cc2nc[nH]c2CN1C(=S)Nc1ccc(Cl)cc1C. The first-order chi connectivity index (χ1) is 11.5. The van der Waals surface area contributed by atoms with Crippen molar-refractivity contribution in [2.45, 2.75) is 25.9 Å². The Kier molecular flexibility index (Phi) is 4.73. The highest BCUT2D eigenvalue weighted by atomic mass is 35.5. The molecule has 1 aliphatic rings. The minimum Gasteiger partial charge on any atom is -0.467 e. The molecule has 6 nitrogen and oxygen atoms in total. The number of esters is 1. The van der Waals surface area contributed by atoms with Gasteiger partial charge in [-0.1, -0.05) is 11.6 Å². The molecule has 1 atom stereocenters. The van der Waals surface area contributed by atoms with E-state index in [1.54, 1.807) is 12.4 Å². The predicted octanol–water partition coefficient (Wildman–Crippen LogP) is 2.67. The highest BCUT2D eigenvalue weighted by Crippen LogP contribution is 2.24. The Labute approximate surface area is 150 Å². The molecule has 0 spiro atoms. The zero-order chi connectivity index (χ0) is 17.3. The molecule has 1 aromatic carbocycles. The number of fused-ring (bicyclic) bond motifs is 1. The molecule has 2 N–H and O–H groups in total. The Morgan fingerprint density at radius 1 is 1.54 bits per heavy atom. The van der Waals surface area contributed by atoms with Crippen LogP contribution in [0, 0.1) is 6.92 Å². The second kappa shape index (κ2) is 6.78. The third kappa shape index (κ3) is 3.22. The predicted molar refractivity (Wildman–Crippen MR) is 96.0 cm³/mol. The molecular formula is C16H17ClN4O2S. The lowest BCUT2D eigenvalue weighted by atomic mass is 10.0. The van der Waals surface area contributed by atoms with E-state index in [2.05, 4.69) is 15.3 Å². The number of carbonyl (C=O) groups excluding carboxylic acids is 1. The molecule has 0 fully saturated rings. The van der Waals surface area contributed by atoms with E-state index in [1.165, 1.54) is 7.11 Å². The summed E-state index contributed by atoms with van der Waals surface area (Å²) in [5.74, 6) is -0.333. The molecule has 126 valence electrons. The number of imidazole rings is 1. The lowest BCUT2D eigenvalue weighted by molar-refractivity contribution is -0.145. The third-order valence-electron chi connectivity index (χ3n) is 4.06. The van der Waals surface area contributed by atoms with Crippen LogP contribution >= 0.6 is 23.8 Å². The Hall–Kier alpha value is -2.12. The topological polar surface area (TPSA) is 70.2 Å². The minimum atomic E-state index is -0.501. The number of methoxy groups -OCH3 is 1. The number of anilines is 1. The molecule has 2 aromatic rings. The first-order valence-corrected chi connectivity index (χ1v) is 8.21. The number of rotatable bonds is 2. The number of nitrogens with one attached hydrogen (secondary N) is 2. The van der Waals surface area contributed by atoms with Crippen LogP contribution in [-0.2, 0) is 22.5 Å². The van der Waals surface area contributed by atoms with E-state index in [1.807, 2.05) is 24.0 Å². The average molecular weight is 365 g/mol. The van der Waals surface area contributed by atoms with Gasteiger partial charge in [-0.15, -0.1) is 0 Å². The summed E-state index contributed by atoms with van der Waals surface area (Å²) in [6.07, 6.45) is 2.08. The second-order valence-corrected chi connectivity index (χ2v) is 6.41. The zero-order valence-electron chi connectivity index (χ0n) is 13.3. The number of nitrogens with zero attached hydrogens (tertiary/aromatic N) is 2. The smallest absolute Gasteiger partial charge is 0.328 e. The van der Waals surface area contributed by atoms with Crippen LogP contribution in [0.5, 0.6) is 0 Å². The van der Waals surface area contributed by atoms with Crippen molar-refractivity contribution in [3.8, 4) is 0 Å². The van der Waals surface area contributed by atoms with Gasteiger partial charge in [0.15, 0.2) is 5.11 Å². The van der Waals surface area contributed by atoms with E-state index in [0.29, 0.717) is 23.1 Å². The van der Waals surface area contributed by atoms with Crippen molar-refractivity contribution in [3.63, 3.8) is 0 Å². The first kappa shape index (κ1) is 16.7. The van der Waals surface area contributed by atoms with Crippen molar-refractivity contribution in [1.82, 2.24) is 14.9 Å². The molecule has 8 heteroatoms. The van der Waals surface area contributed by atoms with Gasteiger partial charge >= 0.3 is 5.97 Å². The maximum Gasteiger partial charge on any atom is 0.328 e. The van der Waals surface area contributed by atoms with E-state index < -0.39 is 6.04 Å². The molecule has 0 bridgehead atoms. The largest absolute Gasteiger partial charge is 0.467 e. The van der Waals surface area contributed by atoms with Crippen LogP contribution in [-0.4, -0.2) is 39.1 Å². The Morgan fingerprint density at radius 3 is 3.04 bits per heavy atom. The van der Waals surface area contributed by atoms with Crippen LogP contribution in [0.1, 0.15) is 17.0 Å². The number of thiocarbonyl (C=S) groups is 1. The summed E-state index contributed by atoms with van der Waals surface area (Å²) in [4.78, 5) is 21.3. The fraction of sp³-hybridized carbons (Fsp3) is 0.312. The van der Waals surface area contributed by atoms with Crippen molar-refractivity contribution < 1.29 is 9.53 Å². The molecule has 2 heterocycles. The molecule has 1 aromatic heterocycles. The second-order valence-electron chi connectivity index (χ2n) is 5.59. The molecule has 3 rings (SSSR count). The Bertz CT molecular complexity index is 792. The summed E-state index contributed by atoms with van der Waals surface area (Å²) in [5, 5.41) is 4.31. The molecule has 0 saturated heterocycles. The Balaban J connectivity index is 1.84. The fourth-order valence-corrected chi connectivity index (χ4v) is 3.28. The summed E-state index contributed by atoms with van der Waals surface area (Å²) in [6.45, 7) is 2.41. The summed E-state index contributed by atoms with van der Waals surface area (Å²) in [5.41, 5.74) is 3.64. The van der Waals surface area contributed by atoms with Crippen molar-refractivity contribution >= 4 is 40.6 Å². The van der Waals surface area contributed by atoms with Crippen LogP contribution < -0.4 is 5.32 Å². The quantitative estimate of drug-likeness (QED) is 0.630. The molecule has 0 amide bonds. The third-order valence-corrected chi connectivity index (χ3v) is 4.63. The number of hydrogen-bond acceptors (Lipinski definition) is 4. The number of ether oxygens (including phenoxy) is 1. The van der Waals surface area contributed by atoms with Gasteiger partial charge in [0, 0.05) is 17.1 Å². The van der Waals surface area contributed by atoms with Crippen molar-refractivity contribution in [3.05, 3.63) is 46.5 Å². The summed E-state index contributed by atoms with van der Waals surface area (Å²) >= 11 is 11.5. The normalized spacial score (nSPS) is 16.5. The minimum absolute atomic E-state index is 0.333. The van der Waals surface area contributed by atoms with Gasteiger partial charge in [0.25, 0.3) is 0 Å². The van der Waals surface area contributed by atoms with E-state index >= 15 is 0 Å². The molecule has 1 unspecified atom stereocenters. The van der Waals surface area contributed by atoms with Crippen LogP contribution in [0.15, 0.2) is 24.5 Å². The van der Waals surface area contributed by atoms with Crippen LogP contribution in [0.4, 0.5) is 5.69 Å². The molecule has 0 aliphatic carbocycles. The highest BCUT2D eigenvalue weighted by Gasteiger charge is 2.35. The molecule has 0 radical (unpaired) electrons. The number of hydrogen-bond donors (Lipinski definition) is 2. The number of halogens is 1. The van der Waals surface area contributed by atoms with Gasteiger partial charge in [-0.05, 0) is 42.9 Å². The van der Waals surface area contributed by atoms with Crippen LogP contribution in [0.25, 0.3) is 0 Å². The number of H-pyrrole nitrogens is 1. The van der Waals surface area contributed by atoms with Gasteiger partial charge < -0.3 is 19.9 Å². The maximum absolute atomic E-state index is 12.2. The maximum atomic E-state index is 12.2. The molecular weight excluding hydrogens is 348 g/mol. The fourth-order valence-electron chi connectivity index (χ4n) is 2.75. The van der Waals surface area contributed by atoms with E-state index in [9.17, 15) is 4.79 Å². The monoisotopic (exact) mass is 364 g/mol. The lowest BCUT2D eigenvalue weighted by Crippen LogP contribution is -2.50. The zero-order valence-corrected chi connectivity index (χ0v) is 14.9. The van der Waals surface area contributed by atoms with Gasteiger partial charge in [0.1, 0.15) is 6.04 Å². The van der Waals surface area contributed by atoms with Crippen LogP contribution in [0.3, 0.4) is 0 Å². The van der Waals surface area contributed by atoms with E-state index in [0.717, 1.165) is 22.6 Å². The van der Waals surface area contributed by atoms with E-state index in [-0.39, 0.29) is 5.97 Å². The van der Waals surface area contributed by atoms with Gasteiger partial charge in [0.05, 0.1) is 31.4 Å². The standard InChI is InChI=1S/C16H17ClN4O2S/c1-9-5-10(17)3-4-11(9)20-16(24)21-7-13-12(18-8-19-13)6-14(21)15(22)23-2/h3-5,8,14H,6-7H2,1-2H3,(H,18,19)(H,20,24). The summed E-state index contributed by atoms with van der Waals surface area (Å²) in [7, 11) is 1.38. The summed E-state index contributed by atoms with van der Waals surface area (Å²) in [6, 6.07) is 5.01. The van der Waals surface area contributed by atoms with Crippen molar-refractivity contribution in [2.75, 3.05) is 12.4 Å². The van der Waals surface area contributed by atoms with Gasteiger partial charge in [0.2, 0.25) is 0 Å². The molecule has 0 saturated carbocycles. The van der Waals surface area contributed by atoms with Crippen molar-refractivity contribution in [2.24, 2.45) is 0 Å². The number of aromatic nitrogens is 2. The molecule has 24 heavy (non-hydrogen) atoms. The number of carbonyl (C=O) groups is 1. The van der Waals surface area contributed by atoms with Gasteiger partial charge in [-0.2, -0.15) is 0 Å².